The number of rotatable bonds is 16. The van der Waals surface area contributed by atoms with Crippen LogP contribution < -0.4 is 31.6 Å². The third kappa shape index (κ3) is 11.6. The lowest BCUT2D eigenvalue weighted by molar-refractivity contribution is -0.116. The number of nitrogens with zero attached hydrogens (tertiary/aromatic N) is 4. The molecule has 0 aromatic heterocycles. The third-order valence-electron chi connectivity index (χ3n) is 6.11. The summed E-state index contributed by atoms with van der Waals surface area (Å²) >= 11 is 0. The Morgan fingerprint density at radius 2 is 0.822 bits per heavy atom. The van der Waals surface area contributed by atoms with Gasteiger partial charge in [0.1, 0.15) is 11.5 Å². The van der Waals surface area contributed by atoms with Crippen molar-refractivity contribution in [1.82, 2.24) is 0 Å². The van der Waals surface area contributed by atoms with E-state index in [-0.39, 0.29) is 24.7 Å². The molecule has 0 heterocycles. The molecule has 0 radical (unpaired) electrons. The summed E-state index contributed by atoms with van der Waals surface area (Å²) in [5.74, 6) is 1.21. The van der Waals surface area contributed by atoms with Crippen LogP contribution in [0.5, 0.6) is 11.5 Å². The highest BCUT2D eigenvalue weighted by molar-refractivity contribution is 5.91. The van der Waals surface area contributed by atoms with E-state index in [1.165, 1.54) is 0 Å². The number of ether oxygens (including phenoxy) is 2. The lowest BCUT2D eigenvalue weighted by Crippen LogP contribution is -2.15. The molecule has 0 unspecified atom stereocenters. The van der Waals surface area contributed by atoms with Crippen LogP contribution in [0.25, 0.3) is 0 Å². The van der Waals surface area contributed by atoms with Crippen molar-refractivity contribution < 1.29 is 19.1 Å². The molecule has 0 saturated heterocycles. The minimum Gasteiger partial charge on any atom is -0.493 e. The highest BCUT2D eigenvalue weighted by atomic mass is 16.5. The fourth-order valence-corrected chi connectivity index (χ4v) is 3.82. The molecule has 0 saturated carbocycles. The van der Waals surface area contributed by atoms with Crippen LogP contribution in [-0.4, -0.2) is 38.1 Å². The van der Waals surface area contributed by atoms with Gasteiger partial charge in [0.25, 0.3) is 0 Å². The summed E-state index contributed by atoms with van der Waals surface area (Å²) in [6.45, 7) is 1.61. The van der Waals surface area contributed by atoms with Gasteiger partial charge in [0.05, 0.1) is 36.0 Å². The Morgan fingerprint density at radius 3 is 1.13 bits per heavy atom. The van der Waals surface area contributed by atoms with E-state index in [9.17, 15) is 9.59 Å². The molecule has 4 aromatic carbocycles. The number of nitrogens with two attached hydrogens (primary N) is 2. The summed E-state index contributed by atoms with van der Waals surface area (Å²) in [7, 11) is 0. The average Bonchev–Trinajstić information content (AvgIpc) is 3.05. The molecule has 12 nitrogen and oxygen atoms in total. The van der Waals surface area contributed by atoms with Crippen LogP contribution in [0.1, 0.15) is 19.3 Å². The van der Waals surface area contributed by atoms with Crippen molar-refractivity contribution in [1.29, 1.82) is 0 Å². The lowest BCUT2D eigenvalue weighted by Gasteiger charge is -2.08. The van der Waals surface area contributed by atoms with Crippen molar-refractivity contribution in [3.05, 3.63) is 97.1 Å². The monoisotopic (exact) mass is 608 g/mol. The SMILES string of the molecule is NCCC(=O)Nc1ccc(N=Nc2ccc(OCCCOc3ccc(N=Nc4ccc(NC(=O)CCN)cc4)cc3)cc2)cc1. The van der Waals surface area contributed by atoms with Crippen LogP contribution in [0.3, 0.4) is 0 Å². The van der Waals surface area contributed by atoms with Gasteiger partial charge >= 0.3 is 0 Å². The second-order valence-electron chi connectivity index (χ2n) is 9.71. The summed E-state index contributed by atoms with van der Waals surface area (Å²) in [6.07, 6.45) is 1.26. The van der Waals surface area contributed by atoms with E-state index >= 15 is 0 Å². The number of azo groups is 2. The Balaban J connectivity index is 1.13. The number of hydrogen-bond acceptors (Lipinski definition) is 10. The number of carbonyl (C=O) groups excluding carboxylic acids is 2. The third-order valence-corrected chi connectivity index (χ3v) is 6.11. The van der Waals surface area contributed by atoms with E-state index in [1.807, 2.05) is 48.5 Å². The minimum atomic E-state index is -0.124. The van der Waals surface area contributed by atoms with Gasteiger partial charge < -0.3 is 31.6 Å². The lowest BCUT2D eigenvalue weighted by atomic mass is 10.2. The van der Waals surface area contributed by atoms with Gasteiger partial charge in [-0.25, -0.2) is 0 Å². The van der Waals surface area contributed by atoms with Crippen LogP contribution in [0, 0.1) is 0 Å². The van der Waals surface area contributed by atoms with Crippen LogP contribution in [-0.2, 0) is 9.59 Å². The maximum absolute atomic E-state index is 11.6. The zero-order valence-electron chi connectivity index (χ0n) is 24.8. The molecule has 0 bridgehead atoms. The number of hydrogen-bond donors (Lipinski definition) is 4. The molecular weight excluding hydrogens is 572 g/mol. The first-order valence-electron chi connectivity index (χ1n) is 14.5. The van der Waals surface area contributed by atoms with Gasteiger partial charge in [0.15, 0.2) is 0 Å². The van der Waals surface area contributed by atoms with E-state index in [1.54, 1.807) is 48.5 Å². The number of amides is 2. The fraction of sp³-hybridized carbons (Fsp3) is 0.212. The van der Waals surface area contributed by atoms with E-state index in [2.05, 4.69) is 31.1 Å². The first kappa shape index (κ1) is 32.5. The van der Waals surface area contributed by atoms with Gasteiger partial charge in [-0.1, -0.05) is 0 Å². The highest BCUT2D eigenvalue weighted by Crippen LogP contribution is 2.24. The number of benzene rings is 4. The molecule has 0 aliphatic rings. The quantitative estimate of drug-likeness (QED) is 0.0790. The van der Waals surface area contributed by atoms with Gasteiger partial charge in [-0.15, -0.1) is 0 Å². The Hall–Kier alpha value is -5.46. The number of nitrogens with one attached hydrogen (secondary N) is 2. The molecular formula is C33H36N8O4. The van der Waals surface area contributed by atoms with Gasteiger partial charge in [-0.3, -0.25) is 9.59 Å². The number of carbonyl (C=O) groups is 2. The standard InChI is InChI=1S/C33H36N8O4/c34-20-18-32(42)36-24-2-6-26(7-3-24)38-40-28-10-14-30(15-11-28)44-22-1-23-45-31-16-12-29(13-17-31)41-39-27-8-4-25(5-9-27)37-33(43)19-21-35/h2-17H,1,18-23,34-35H2,(H,36,42)(H,37,43). The molecule has 45 heavy (non-hydrogen) atoms. The molecule has 232 valence electrons. The molecule has 0 aliphatic carbocycles. The Morgan fingerprint density at radius 1 is 0.511 bits per heavy atom. The molecule has 4 aromatic rings. The van der Waals surface area contributed by atoms with Gasteiger partial charge in [-0.05, 0) is 97.1 Å². The van der Waals surface area contributed by atoms with Crippen molar-refractivity contribution in [3.8, 4) is 11.5 Å². The van der Waals surface area contributed by atoms with Crippen molar-refractivity contribution in [2.24, 2.45) is 31.9 Å². The molecule has 0 fully saturated rings. The first-order valence-corrected chi connectivity index (χ1v) is 14.5. The molecule has 6 N–H and O–H groups in total. The van der Waals surface area contributed by atoms with Gasteiger partial charge in [-0.2, -0.15) is 20.5 Å². The van der Waals surface area contributed by atoms with E-state index in [4.69, 9.17) is 20.9 Å². The summed E-state index contributed by atoms with van der Waals surface area (Å²) in [5.41, 5.74) is 14.9. The Labute approximate surface area is 261 Å². The predicted molar refractivity (Wildman–Crippen MR) is 174 cm³/mol. The number of anilines is 2. The summed E-state index contributed by atoms with van der Waals surface area (Å²) in [5, 5.41) is 22.5. The van der Waals surface area contributed by atoms with Crippen LogP contribution in [0.2, 0.25) is 0 Å². The zero-order valence-corrected chi connectivity index (χ0v) is 24.8. The molecule has 0 spiro atoms. The normalized spacial score (nSPS) is 11.1. The van der Waals surface area contributed by atoms with Crippen molar-refractivity contribution in [3.63, 3.8) is 0 Å². The van der Waals surface area contributed by atoms with E-state index in [0.717, 1.165) is 11.5 Å². The van der Waals surface area contributed by atoms with Crippen LogP contribution in [0.4, 0.5) is 34.1 Å². The molecule has 2 amide bonds. The second kappa shape index (κ2) is 17.6. The summed E-state index contributed by atoms with van der Waals surface area (Å²) < 4.78 is 11.6. The molecule has 4 rings (SSSR count). The Kier molecular flexibility index (Phi) is 12.7. The summed E-state index contributed by atoms with van der Waals surface area (Å²) in [4.78, 5) is 23.3. The average molecular weight is 609 g/mol. The molecule has 0 aliphatic heterocycles. The van der Waals surface area contributed by atoms with Crippen molar-refractivity contribution in [2.45, 2.75) is 19.3 Å². The van der Waals surface area contributed by atoms with Gasteiger partial charge in [0, 0.05) is 43.7 Å². The maximum atomic E-state index is 11.6. The van der Waals surface area contributed by atoms with Crippen molar-refractivity contribution in [2.75, 3.05) is 36.9 Å². The smallest absolute Gasteiger partial charge is 0.225 e. The first-order chi connectivity index (χ1) is 22.0. The predicted octanol–water partition coefficient (Wildman–Crippen LogP) is 6.94. The second-order valence-corrected chi connectivity index (χ2v) is 9.71. The fourth-order valence-electron chi connectivity index (χ4n) is 3.82. The Bertz CT molecular complexity index is 1440. The molecule has 0 atom stereocenters. The highest BCUT2D eigenvalue weighted by Gasteiger charge is 2.03. The van der Waals surface area contributed by atoms with Gasteiger partial charge in [0.2, 0.25) is 11.8 Å². The topological polar surface area (TPSA) is 178 Å². The van der Waals surface area contributed by atoms with E-state index in [0.29, 0.717) is 66.8 Å². The van der Waals surface area contributed by atoms with E-state index < -0.39 is 0 Å². The maximum Gasteiger partial charge on any atom is 0.225 e. The molecule has 12 heteroatoms. The minimum absolute atomic E-state index is 0.124. The van der Waals surface area contributed by atoms with Crippen LogP contribution >= 0.6 is 0 Å². The summed E-state index contributed by atoms with van der Waals surface area (Å²) in [6, 6.07) is 28.9. The van der Waals surface area contributed by atoms with Crippen LogP contribution in [0.15, 0.2) is 118 Å². The largest absolute Gasteiger partial charge is 0.493 e. The zero-order chi connectivity index (χ0) is 31.7. The van der Waals surface area contributed by atoms with Crippen molar-refractivity contribution >= 4 is 45.9 Å².